The van der Waals surface area contributed by atoms with Crippen LogP contribution in [0.5, 0.6) is 0 Å². The summed E-state index contributed by atoms with van der Waals surface area (Å²) >= 11 is 0. The van der Waals surface area contributed by atoms with E-state index in [9.17, 15) is 4.79 Å². The molecular formula is C17H15N5O. The molecule has 4 rings (SSSR count). The van der Waals surface area contributed by atoms with Crippen LogP contribution in [0, 0.1) is 23.2 Å². The van der Waals surface area contributed by atoms with Crippen molar-refractivity contribution in [1.82, 2.24) is 9.97 Å². The van der Waals surface area contributed by atoms with E-state index < -0.39 is 0 Å². The Morgan fingerprint density at radius 1 is 1.17 bits per heavy atom. The maximum absolute atomic E-state index is 12.7. The van der Waals surface area contributed by atoms with E-state index in [1.807, 2.05) is 23.1 Å². The van der Waals surface area contributed by atoms with Gasteiger partial charge in [-0.3, -0.25) is 9.78 Å². The summed E-state index contributed by atoms with van der Waals surface area (Å²) in [6, 6.07) is 9.46. The molecule has 0 unspecified atom stereocenters. The third-order valence-electron chi connectivity index (χ3n) is 4.60. The largest absolute Gasteiger partial charge is 0.355 e. The molecule has 2 aliphatic rings. The summed E-state index contributed by atoms with van der Waals surface area (Å²) in [5, 5.41) is 8.84. The lowest BCUT2D eigenvalue weighted by atomic mass is 10.0. The van der Waals surface area contributed by atoms with Crippen LogP contribution in [0.3, 0.4) is 0 Å². The van der Waals surface area contributed by atoms with Crippen molar-refractivity contribution in [2.24, 2.45) is 11.8 Å². The number of pyridine rings is 2. The number of fused-ring (bicyclic) bond motifs is 1. The fraction of sp³-hybridized carbons (Fsp3) is 0.294. The zero-order valence-electron chi connectivity index (χ0n) is 12.5. The SMILES string of the molecule is N#Cc1ccc(N2C[C@@H]3CN(c4cccnc4)C(=O)[C@@H]3C2)nc1. The molecule has 2 aliphatic heterocycles. The summed E-state index contributed by atoms with van der Waals surface area (Å²) in [7, 11) is 0. The predicted octanol–water partition coefficient (Wildman–Crippen LogP) is 1.45. The Morgan fingerprint density at radius 2 is 2.09 bits per heavy atom. The molecule has 0 radical (unpaired) electrons. The van der Waals surface area contributed by atoms with Crippen LogP contribution in [0.4, 0.5) is 11.5 Å². The standard InChI is InChI=1S/C17H15N5O/c18-6-12-3-4-16(20-7-12)21-9-13-10-22(17(23)15(13)11-21)14-2-1-5-19-8-14/h1-5,7-8,13,15H,9-11H2/t13-,15-/m1/s1. The van der Waals surface area contributed by atoms with E-state index in [4.69, 9.17) is 5.26 Å². The van der Waals surface area contributed by atoms with Crippen LogP contribution < -0.4 is 9.80 Å². The second-order valence-electron chi connectivity index (χ2n) is 5.95. The van der Waals surface area contributed by atoms with Crippen molar-refractivity contribution in [2.45, 2.75) is 0 Å². The number of hydrogen-bond donors (Lipinski definition) is 0. The van der Waals surface area contributed by atoms with Crippen molar-refractivity contribution in [3.8, 4) is 6.07 Å². The van der Waals surface area contributed by atoms with Gasteiger partial charge in [0.2, 0.25) is 5.91 Å². The lowest BCUT2D eigenvalue weighted by Gasteiger charge is -2.22. The Kier molecular flexibility index (Phi) is 3.19. The first-order valence-electron chi connectivity index (χ1n) is 7.59. The number of aromatic nitrogens is 2. The molecule has 0 aliphatic carbocycles. The Hall–Kier alpha value is -2.94. The van der Waals surface area contributed by atoms with Gasteiger partial charge in [-0.1, -0.05) is 0 Å². The molecule has 2 fully saturated rings. The Labute approximate surface area is 134 Å². The number of carbonyl (C=O) groups is 1. The Balaban J connectivity index is 1.50. The lowest BCUT2D eigenvalue weighted by molar-refractivity contribution is -0.120. The van der Waals surface area contributed by atoms with Gasteiger partial charge in [0.15, 0.2) is 0 Å². The normalized spacial score (nSPS) is 23.0. The third kappa shape index (κ3) is 2.30. The molecule has 2 aromatic rings. The van der Waals surface area contributed by atoms with E-state index in [1.54, 1.807) is 24.7 Å². The maximum Gasteiger partial charge on any atom is 0.232 e. The summed E-state index contributed by atoms with van der Waals surface area (Å²) < 4.78 is 0. The average Bonchev–Trinajstić information content (AvgIpc) is 3.16. The zero-order valence-corrected chi connectivity index (χ0v) is 12.5. The van der Waals surface area contributed by atoms with Crippen molar-refractivity contribution in [3.63, 3.8) is 0 Å². The molecule has 0 aromatic carbocycles. The molecule has 6 heteroatoms. The molecule has 1 amide bonds. The van der Waals surface area contributed by atoms with Gasteiger partial charge in [-0.05, 0) is 24.3 Å². The minimum Gasteiger partial charge on any atom is -0.355 e. The van der Waals surface area contributed by atoms with E-state index >= 15 is 0 Å². The summed E-state index contributed by atoms with van der Waals surface area (Å²) in [5.74, 6) is 1.31. The molecule has 0 spiro atoms. The molecule has 114 valence electrons. The smallest absolute Gasteiger partial charge is 0.232 e. The highest BCUT2D eigenvalue weighted by Gasteiger charge is 2.46. The topological polar surface area (TPSA) is 73.1 Å². The van der Waals surface area contributed by atoms with E-state index in [0.717, 1.165) is 24.6 Å². The number of nitriles is 1. The molecule has 0 bridgehead atoms. The third-order valence-corrected chi connectivity index (χ3v) is 4.60. The van der Waals surface area contributed by atoms with Crippen molar-refractivity contribution in [2.75, 3.05) is 29.4 Å². The van der Waals surface area contributed by atoms with Gasteiger partial charge in [0, 0.05) is 37.9 Å². The zero-order chi connectivity index (χ0) is 15.8. The highest BCUT2D eigenvalue weighted by molar-refractivity contribution is 5.98. The summed E-state index contributed by atoms with van der Waals surface area (Å²) in [5.41, 5.74) is 1.42. The molecule has 0 N–H and O–H groups in total. The highest BCUT2D eigenvalue weighted by atomic mass is 16.2. The van der Waals surface area contributed by atoms with Gasteiger partial charge in [0.05, 0.1) is 23.4 Å². The first-order chi connectivity index (χ1) is 11.3. The number of rotatable bonds is 2. The minimum absolute atomic E-state index is 0.00708. The minimum atomic E-state index is 0.00708. The molecule has 2 atom stereocenters. The second-order valence-corrected chi connectivity index (χ2v) is 5.95. The molecular weight excluding hydrogens is 290 g/mol. The Bertz CT molecular complexity index is 768. The molecule has 2 aromatic heterocycles. The molecule has 6 nitrogen and oxygen atoms in total. The van der Waals surface area contributed by atoms with Crippen LogP contribution in [0.15, 0.2) is 42.9 Å². The van der Waals surface area contributed by atoms with E-state index in [-0.39, 0.29) is 11.8 Å². The predicted molar refractivity (Wildman–Crippen MR) is 84.7 cm³/mol. The average molecular weight is 305 g/mol. The van der Waals surface area contributed by atoms with Crippen LogP contribution in [0.1, 0.15) is 5.56 Å². The van der Waals surface area contributed by atoms with E-state index in [0.29, 0.717) is 18.0 Å². The monoisotopic (exact) mass is 305 g/mol. The van der Waals surface area contributed by atoms with Gasteiger partial charge in [-0.2, -0.15) is 5.26 Å². The van der Waals surface area contributed by atoms with Crippen LogP contribution in [-0.2, 0) is 4.79 Å². The fourth-order valence-electron chi connectivity index (χ4n) is 3.43. The van der Waals surface area contributed by atoms with E-state index in [2.05, 4.69) is 20.9 Å². The van der Waals surface area contributed by atoms with Crippen LogP contribution in [0.2, 0.25) is 0 Å². The first kappa shape index (κ1) is 13.7. The van der Waals surface area contributed by atoms with Crippen LogP contribution >= 0.6 is 0 Å². The molecule has 0 saturated carbocycles. The number of carbonyl (C=O) groups excluding carboxylic acids is 1. The maximum atomic E-state index is 12.7. The van der Waals surface area contributed by atoms with Crippen LogP contribution in [0.25, 0.3) is 0 Å². The van der Waals surface area contributed by atoms with Gasteiger partial charge >= 0.3 is 0 Å². The number of anilines is 2. The highest BCUT2D eigenvalue weighted by Crippen LogP contribution is 2.36. The number of amides is 1. The van der Waals surface area contributed by atoms with Crippen molar-refractivity contribution in [1.29, 1.82) is 5.26 Å². The van der Waals surface area contributed by atoms with Gasteiger partial charge in [0.1, 0.15) is 11.9 Å². The summed E-state index contributed by atoms with van der Waals surface area (Å²) in [6.45, 7) is 2.22. The second kappa shape index (κ2) is 5.36. The first-order valence-corrected chi connectivity index (χ1v) is 7.59. The van der Waals surface area contributed by atoms with Crippen LogP contribution in [-0.4, -0.2) is 35.5 Å². The van der Waals surface area contributed by atoms with Crippen molar-refractivity contribution in [3.05, 3.63) is 48.4 Å². The lowest BCUT2D eigenvalue weighted by Crippen LogP contribution is -2.33. The van der Waals surface area contributed by atoms with Gasteiger partial charge < -0.3 is 9.80 Å². The van der Waals surface area contributed by atoms with E-state index in [1.165, 1.54) is 0 Å². The van der Waals surface area contributed by atoms with Gasteiger partial charge in [0.25, 0.3) is 0 Å². The molecule has 23 heavy (non-hydrogen) atoms. The van der Waals surface area contributed by atoms with Gasteiger partial charge in [-0.25, -0.2) is 4.98 Å². The van der Waals surface area contributed by atoms with Crippen molar-refractivity contribution < 1.29 is 4.79 Å². The summed E-state index contributed by atoms with van der Waals surface area (Å²) in [6.07, 6.45) is 5.02. The molecule has 2 saturated heterocycles. The summed E-state index contributed by atoms with van der Waals surface area (Å²) in [4.78, 5) is 25.1. The number of hydrogen-bond acceptors (Lipinski definition) is 5. The quantitative estimate of drug-likeness (QED) is 0.839. The molecule has 4 heterocycles. The van der Waals surface area contributed by atoms with Gasteiger partial charge in [-0.15, -0.1) is 0 Å². The Morgan fingerprint density at radius 3 is 2.74 bits per heavy atom. The fourth-order valence-corrected chi connectivity index (χ4v) is 3.43. The number of nitrogens with zero attached hydrogens (tertiary/aromatic N) is 5. The van der Waals surface area contributed by atoms with Crippen molar-refractivity contribution >= 4 is 17.4 Å².